The van der Waals surface area contributed by atoms with Gasteiger partial charge < -0.3 is 24.4 Å². The van der Waals surface area contributed by atoms with E-state index < -0.39 is 0 Å². The first-order valence-electron chi connectivity index (χ1n) is 11.6. The number of nitrogens with zero attached hydrogens (tertiary/aromatic N) is 1. The molecule has 3 aromatic carbocycles. The molecule has 1 aliphatic rings. The lowest BCUT2D eigenvalue weighted by Crippen LogP contribution is -2.32. The number of para-hydroxylation sites is 2. The molecular formula is C28H30N2O5. The Morgan fingerprint density at radius 2 is 1.63 bits per heavy atom. The number of aryl methyl sites for hydroxylation is 1. The Kier molecular flexibility index (Phi) is 7.55. The maximum atomic E-state index is 13.4. The summed E-state index contributed by atoms with van der Waals surface area (Å²) in [6.07, 6.45) is 2.02. The molecule has 35 heavy (non-hydrogen) atoms. The first-order chi connectivity index (χ1) is 17.0. The summed E-state index contributed by atoms with van der Waals surface area (Å²) in [6, 6.07) is 20.7. The van der Waals surface area contributed by atoms with Crippen molar-refractivity contribution >= 4 is 17.5 Å². The van der Waals surface area contributed by atoms with Crippen LogP contribution in [0.2, 0.25) is 0 Å². The van der Waals surface area contributed by atoms with Gasteiger partial charge in [0.25, 0.3) is 11.8 Å². The molecule has 0 aliphatic heterocycles. The van der Waals surface area contributed by atoms with E-state index in [-0.39, 0.29) is 24.5 Å². The molecule has 0 heterocycles. The zero-order valence-corrected chi connectivity index (χ0v) is 20.2. The topological polar surface area (TPSA) is 77.1 Å². The number of carbonyl (C=O) groups is 2. The van der Waals surface area contributed by atoms with Gasteiger partial charge in [0, 0.05) is 18.2 Å². The molecule has 182 valence electrons. The lowest BCUT2D eigenvalue weighted by atomic mass is 10.1. The first kappa shape index (κ1) is 24.1. The lowest BCUT2D eigenvalue weighted by molar-refractivity contribution is -0.118. The fraction of sp³-hybridized carbons (Fsp3) is 0.286. The molecule has 0 atom stereocenters. The molecule has 0 aromatic heterocycles. The summed E-state index contributed by atoms with van der Waals surface area (Å²) in [4.78, 5) is 27.7. The number of anilines is 1. The molecule has 1 fully saturated rings. The van der Waals surface area contributed by atoms with Gasteiger partial charge in [0.2, 0.25) is 0 Å². The summed E-state index contributed by atoms with van der Waals surface area (Å²) < 4.78 is 16.4. The van der Waals surface area contributed by atoms with Crippen LogP contribution in [0.15, 0.2) is 66.7 Å². The predicted molar refractivity (Wildman–Crippen MR) is 134 cm³/mol. The van der Waals surface area contributed by atoms with Crippen molar-refractivity contribution in [2.24, 2.45) is 0 Å². The van der Waals surface area contributed by atoms with Crippen molar-refractivity contribution in [2.75, 3.05) is 26.1 Å². The number of benzene rings is 3. The number of ether oxygens (including phenoxy) is 3. The van der Waals surface area contributed by atoms with E-state index in [9.17, 15) is 9.59 Å². The fourth-order valence-corrected chi connectivity index (χ4v) is 3.81. The van der Waals surface area contributed by atoms with Crippen molar-refractivity contribution in [3.05, 3.63) is 83.4 Å². The molecule has 1 aliphatic carbocycles. The van der Waals surface area contributed by atoms with Crippen LogP contribution in [0, 0.1) is 6.92 Å². The smallest absolute Gasteiger partial charge is 0.262 e. The van der Waals surface area contributed by atoms with Crippen molar-refractivity contribution in [1.29, 1.82) is 0 Å². The van der Waals surface area contributed by atoms with E-state index in [1.807, 2.05) is 24.0 Å². The third kappa shape index (κ3) is 6.12. The number of nitrogens with one attached hydrogen (secondary N) is 1. The summed E-state index contributed by atoms with van der Waals surface area (Å²) in [5.41, 5.74) is 3.37. The monoisotopic (exact) mass is 474 g/mol. The maximum Gasteiger partial charge on any atom is 0.262 e. The van der Waals surface area contributed by atoms with Crippen molar-refractivity contribution < 1.29 is 23.8 Å². The molecule has 1 N–H and O–H groups in total. The van der Waals surface area contributed by atoms with E-state index >= 15 is 0 Å². The summed E-state index contributed by atoms with van der Waals surface area (Å²) in [5.74, 6) is 0.955. The molecule has 0 radical (unpaired) electrons. The highest BCUT2D eigenvalue weighted by Gasteiger charge is 2.33. The van der Waals surface area contributed by atoms with Crippen molar-refractivity contribution in [3.63, 3.8) is 0 Å². The third-order valence-electron chi connectivity index (χ3n) is 5.87. The van der Waals surface area contributed by atoms with Crippen LogP contribution in [0.4, 0.5) is 5.69 Å². The first-order valence-corrected chi connectivity index (χ1v) is 11.6. The Labute approximate surface area is 205 Å². The van der Waals surface area contributed by atoms with Crippen molar-refractivity contribution in [1.82, 2.24) is 4.90 Å². The van der Waals surface area contributed by atoms with Gasteiger partial charge in [-0.1, -0.05) is 42.0 Å². The van der Waals surface area contributed by atoms with Crippen molar-refractivity contribution in [2.45, 2.75) is 32.4 Å². The zero-order chi connectivity index (χ0) is 24.8. The van der Waals surface area contributed by atoms with E-state index in [4.69, 9.17) is 14.2 Å². The van der Waals surface area contributed by atoms with E-state index in [1.165, 1.54) is 12.7 Å². The molecule has 7 nitrogen and oxygen atoms in total. The van der Waals surface area contributed by atoms with Gasteiger partial charge in [0.1, 0.15) is 5.75 Å². The Balaban J connectivity index is 1.42. The Bertz CT molecular complexity index is 1190. The highest BCUT2D eigenvalue weighted by atomic mass is 16.5. The SMILES string of the molecule is COc1ccccc1NC(=O)COc1ccc(C(=O)N(Cc2ccc(C)cc2)C2CC2)cc1OC. The molecule has 0 spiro atoms. The standard InChI is InChI=1S/C28H30N2O5/c1-19-8-10-20(11-9-19)17-30(22-13-14-22)28(32)21-12-15-25(26(16-21)34-3)35-18-27(31)29-23-6-4-5-7-24(23)33-2/h4-12,15-16,22H,13-14,17-18H2,1-3H3,(H,29,31). The van der Waals surface area contributed by atoms with Gasteiger partial charge in [-0.25, -0.2) is 0 Å². The molecule has 0 unspecified atom stereocenters. The number of hydrogen-bond donors (Lipinski definition) is 1. The lowest BCUT2D eigenvalue weighted by Gasteiger charge is -2.23. The number of carbonyl (C=O) groups excluding carboxylic acids is 2. The van der Waals surface area contributed by atoms with Gasteiger partial charge in [-0.3, -0.25) is 9.59 Å². The van der Waals surface area contributed by atoms with E-state index in [0.717, 1.165) is 18.4 Å². The van der Waals surface area contributed by atoms with E-state index in [1.54, 1.807) is 37.4 Å². The van der Waals surface area contributed by atoms with Crippen LogP contribution in [0.1, 0.15) is 34.3 Å². The minimum atomic E-state index is -0.338. The van der Waals surface area contributed by atoms with E-state index in [2.05, 4.69) is 29.6 Å². The highest BCUT2D eigenvalue weighted by molar-refractivity contribution is 5.95. The third-order valence-corrected chi connectivity index (χ3v) is 5.87. The fourth-order valence-electron chi connectivity index (χ4n) is 3.81. The highest BCUT2D eigenvalue weighted by Crippen LogP contribution is 2.33. The van der Waals surface area contributed by atoms with Crippen molar-refractivity contribution in [3.8, 4) is 17.2 Å². The largest absolute Gasteiger partial charge is 0.495 e. The van der Waals surface area contributed by atoms with Crippen LogP contribution in [0.25, 0.3) is 0 Å². The normalized spacial score (nSPS) is 12.5. The van der Waals surface area contributed by atoms with Gasteiger partial charge in [-0.15, -0.1) is 0 Å². The number of hydrogen-bond acceptors (Lipinski definition) is 5. The Morgan fingerprint density at radius 3 is 2.31 bits per heavy atom. The quantitative estimate of drug-likeness (QED) is 0.455. The summed E-state index contributed by atoms with van der Waals surface area (Å²) >= 11 is 0. The van der Waals surface area contributed by atoms with Gasteiger partial charge in [0.15, 0.2) is 18.1 Å². The number of rotatable bonds is 10. The van der Waals surface area contributed by atoms with Crippen LogP contribution in [0.5, 0.6) is 17.2 Å². The van der Waals surface area contributed by atoms with Crippen LogP contribution in [-0.4, -0.2) is 43.6 Å². The summed E-state index contributed by atoms with van der Waals surface area (Å²) in [7, 11) is 3.05. The van der Waals surface area contributed by atoms with E-state index in [0.29, 0.717) is 35.0 Å². The molecule has 1 saturated carbocycles. The number of methoxy groups -OCH3 is 2. The molecule has 0 bridgehead atoms. The van der Waals surface area contributed by atoms with Gasteiger partial charge in [-0.05, 0) is 55.7 Å². The minimum Gasteiger partial charge on any atom is -0.495 e. The van der Waals surface area contributed by atoms with Crippen LogP contribution >= 0.6 is 0 Å². The zero-order valence-electron chi connectivity index (χ0n) is 20.2. The predicted octanol–water partition coefficient (Wildman–Crippen LogP) is 4.83. The Morgan fingerprint density at radius 1 is 0.914 bits per heavy atom. The molecule has 2 amide bonds. The molecule has 4 rings (SSSR count). The van der Waals surface area contributed by atoms with Gasteiger partial charge >= 0.3 is 0 Å². The molecule has 0 saturated heterocycles. The van der Waals surface area contributed by atoms with Crippen LogP contribution in [0.3, 0.4) is 0 Å². The average Bonchev–Trinajstić information content (AvgIpc) is 3.72. The minimum absolute atomic E-state index is 0.0492. The second-order valence-electron chi connectivity index (χ2n) is 8.55. The van der Waals surface area contributed by atoms with Crippen LogP contribution < -0.4 is 19.5 Å². The van der Waals surface area contributed by atoms with Gasteiger partial charge in [-0.2, -0.15) is 0 Å². The number of amides is 2. The summed E-state index contributed by atoms with van der Waals surface area (Å²) in [5, 5.41) is 2.77. The molecular weight excluding hydrogens is 444 g/mol. The van der Waals surface area contributed by atoms with Gasteiger partial charge in [0.05, 0.1) is 19.9 Å². The summed E-state index contributed by atoms with van der Waals surface area (Å²) in [6.45, 7) is 2.39. The Hall–Kier alpha value is -4.00. The molecule has 7 heteroatoms. The maximum absolute atomic E-state index is 13.4. The van der Waals surface area contributed by atoms with Crippen LogP contribution in [-0.2, 0) is 11.3 Å². The average molecular weight is 475 g/mol. The molecule has 3 aromatic rings. The second kappa shape index (κ2) is 11.0. The second-order valence-corrected chi connectivity index (χ2v) is 8.55.